The summed E-state index contributed by atoms with van der Waals surface area (Å²) in [5, 5.41) is 3.77. The Balaban J connectivity index is 1.97. The molecule has 3 rings (SSSR count). The summed E-state index contributed by atoms with van der Waals surface area (Å²) in [5.74, 6) is 0.763. The SMILES string of the molecule is CCc1ccccc1N1C(=O)/C(=C\c2cc(Cl)c(OC(C)C)c(OC)c2)NC1=S. The minimum atomic E-state index is -0.214. The summed E-state index contributed by atoms with van der Waals surface area (Å²) in [4.78, 5) is 14.6. The van der Waals surface area contributed by atoms with E-state index in [1.807, 2.05) is 45.0 Å². The van der Waals surface area contributed by atoms with Crippen molar-refractivity contribution < 1.29 is 14.3 Å². The van der Waals surface area contributed by atoms with Crippen LogP contribution in [0.4, 0.5) is 5.69 Å². The van der Waals surface area contributed by atoms with Gasteiger partial charge in [-0.15, -0.1) is 0 Å². The Morgan fingerprint density at radius 3 is 2.66 bits per heavy atom. The highest BCUT2D eigenvalue weighted by Crippen LogP contribution is 2.38. The third-order valence-corrected chi connectivity index (χ3v) is 4.97. The molecule has 1 fully saturated rings. The molecule has 1 aliphatic rings. The maximum Gasteiger partial charge on any atom is 0.281 e. The second kappa shape index (κ2) is 8.84. The van der Waals surface area contributed by atoms with E-state index >= 15 is 0 Å². The van der Waals surface area contributed by atoms with Crippen molar-refractivity contribution >= 4 is 46.6 Å². The fourth-order valence-corrected chi connectivity index (χ4v) is 3.68. The molecule has 0 aromatic heterocycles. The van der Waals surface area contributed by atoms with Crippen molar-refractivity contribution in [3.63, 3.8) is 0 Å². The second-order valence-corrected chi connectivity index (χ2v) is 7.61. The number of thiocarbonyl (C=S) groups is 1. The molecule has 5 nitrogen and oxygen atoms in total. The lowest BCUT2D eigenvalue weighted by Gasteiger charge is -2.17. The summed E-state index contributed by atoms with van der Waals surface area (Å²) in [6.45, 7) is 5.87. The molecule has 1 aliphatic heterocycles. The monoisotopic (exact) mass is 430 g/mol. The van der Waals surface area contributed by atoms with Crippen molar-refractivity contribution in [2.45, 2.75) is 33.3 Å². The highest BCUT2D eigenvalue weighted by atomic mass is 35.5. The number of nitrogens with zero attached hydrogens (tertiary/aromatic N) is 1. The Kier molecular flexibility index (Phi) is 6.45. The summed E-state index contributed by atoms with van der Waals surface area (Å²) < 4.78 is 11.2. The number of benzene rings is 2. The van der Waals surface area contributed by atoms with Crippen LogP contribution in [0.5, 0.6) is 11.5 Å². The van der Waals surface area contributed by atoms with E-state index in [4.69, 9.17) is 33.3 Å². The Morgan fingerprint density at radius 2 is 2.00 bits per heavy atom. The third-order valence-electron chi connectivity index (χ3n) is 4.41. The van der Waals surface area contributed by atoms with Crippen molar-refractivity contribution in [1.29, 1.82) is 0 Å². The van der Waals surface area contributed by atoms with Crippen LogP contribution in [0.3, 0.4) is 0 Å². The van der Waals surface area contributed by atoms with Gasteiger partial charge in [-0.05, 0) is 67.9 Å². The minimum Gasteiger partial charge on any atom is -0.493 e. The number of nitrogens with one attached hydrogen (secondary N) is 1. The zero-order valence-corrected chi connectivity index (χ0v) is 18.4. The van der Waals surface area contributed by atoms with Gasteiger partial charge in [-0.1, -0.05) is 36.7 Å². The Morgan fingerprint density at radius 1 is 1.28 bits per heavy atom. The van der Waals surface area contributed by atoms with Gasteiger partial charge in [-0.3, -0.25) is 9.69 Å². The van der Waals surface area contributed by atoms with Gasteiger partial charge < -0.3 is 14.8 Å². The first-order valence-corrected chi connectivity index (χ1v) is 10.1. The van der Waals surface area contributed by atoms with Crippen LogP contribution in [0.2, 0.25) is 5.02 Å². The third kappa shape index (κ3) is 4.38. The number of methoxy groups -OCH3 is 1. The molecule has 1 amide bonds. The number of para-hydroxylation sites is 1. The number of amides is 1. The summed E-state index contributed by atoms with van der Waals surface area (Å²) in [5.41, 5.74) is 2.91. The van der Waals surface area contributed by atoms with Gasteiger partial charge in [0.05, 0.1) is 23.9 Å². The fourth-order valence-electron chi connectivity index (χ4n) is 3.12. The van der Waals surface area contributed by atoms with E-state index in [1.54, 1.807) is 25.3 Å². The summed E-state index contributed by atoms with van der Waals surface area (Å²) >= 11 is 11.8. The van der Waals surface area contributed by atoms with Crippen LogP contribution in [0, 0.1) is 0 Å². The van der Waals surface area contributed by atoms with Gasteiger partial charge in [0, 0.05) is 0 Å². The van der Waals surface area contributed by atoms with Crippen molar-refractivity contribution in [3.05, 3.63) is 58.2 Å². The van der Waals surface area contributed by atoms with Gasteiger partial charge in [0.2, 0.25) is 0 Å². The van der Waals surface area contributed by atoms with Crippen molar-refractivity contribution in [1.82, 2.24) is 5.32 Å². The Labute approximate surface area is 181 Å². The molecule has 1 heterocycles. The molecule has 1 N–H and O–H groups in total. The quantitative estimate of drug-likeness (QED) is 0.518. The smallest absolute Gasteiger partial charge is 0.281 e. The van der Waals surface area contributed by atoms with E-state index in [0.717, 1.165) is 17.7 Å². The highest BCUT2D eigenvalue weighted by Gasteiger charge is 2.33. The molecule has 1 saturated heterocycles. The van der Waals surface area contributed by atoms with Gasteiger partial charge in [-0.25, -0.2) is 0 Å². The molecule has 29 heavy (non-hydrogen) atoms. The van der Waals surface area contributed by atoms with Gasteiger partial charge in [0.25, 0.3) is 5.91 Å². The highest BCUT2D eigenvalue weighted by molar-refractivity contribution is 7.80. The number of halogens is 1. The number of hydrogen-bond donors (Lipinski definition) is 1. The largest absolute Gasteiger partial charge is 0.493 e. The second-order valence-electron chi connectivity index (χ2n) is 6.81. The van der Waals surface area contributed by atoms with Crippen LogP contribution < -0.4 is 19.7 Å². The van der Waals surface area contributed by atoms with Crippen LogP contribution >= 0.6 is 23.8 Å². The maximum absolute atomic E-state index is 13.1. The molecule has 2 aromatic carbocycles. The van der Waals surface area contributed by atoms with Crippen LogP contribution in [0.15, 0.2) is 42.1 Å². The molecule has 0 atom stereocenters. The lowest BCUT2D eigenvalue weighted by atomic mass is 10.1. The minimum absolute atomic E-state index is 0.0479. The van der Waals surface area contributed by atoms with E-state index < -0.39 is 0 Å². The van der Waals surface area contributed by atoms with E-state index in [-0.39, 0.29) is 12.0 Å². The number of rotatable bonds is 6. The van der Waals surface area contributed by atoms with E-state index in [1.165, 1.54) is 4.90 Å². The summed E-state index contributed by atoms with van der Waals surface area (Å²) in [6.07, 6.45) is 2.45. The van der Waals surface area contributed by atoms with Crippen LogP contribution in [0.1, 0.15) is 31.9 Å². The average Bonchev–Trinajstić information content (AvgIpc) is 2.96. The molecule has 2 aromatic rings. The van der Waals surface area contributed by atoms with Crippen molar-refractivity contribution in [3.8, 4) is 11.5 Å². The first-order chi connectivity index (χ1) is 13.8. The van der Waals surface area contributed by atoms with Gasteiger partial charge in [0.1, 0.15) is 5.70 Å². The van der Waals surface area contributed by atoms with Crippen LogP contribution in [-0.4, -0.2) is 24.2 Å². The molecule has 0 bridgehead atoms. The van der Waals surface area contributed by atoms with Crippen molar-refractivity contribution in [2.24, 2.45) is 0 Å². The Bertz CT molecular complexity index is 988. The molecular weight excluding hydrogens is 408 g/mol. The van der Waals surface area contributed by atoms with E-state index in [0.29, 0.717) is 32.9 Å². The first kappa shape index (κ1) is 21.1. The normalized spacial score (nSPS) is 15.2. The Hall–Kier alpha value is -2.57. The lowest BCUT2D eigenvalue weighted by molar-refractivity contribution is -0.113. The number of ether oxygens (including phenoxy) is 2. The molecule has 0 radical (unpaired) electrons. The van der Waals surface area contributed by atoms with Gasteiger partial charge >= 0.3 is 0 Å². The molecule has 0 spiro atoms. The molecule has 0 unspecified atom stereocenters. The van der Waals surface area contributed by atoms with Crippen LogP contribution in [0.25, 0.3) is 6.08 Å². The number of aryl methyl sites for hydroxylation is 1. The van der Waals surface area contributed by atoms with E-state index in [9.17, 15) is 4.79 Å². The summed E-state index contributed by atoms with van der Waals surface area (Å²) in [7, 11) is 1.55. The summed E-state index contributed by atoms with van der Waals surface area (Å²) in [6, 6.07) is 11.2. The number of carbonyl (C=O) groups excluding carboxylic acids is 1. The number of anilines is 1. The molecule has 0 aliphatic carbocycles. The predicted molar refractivity (Wildman–Crippen MR) is 121 cm³/mol. The lowest BCUT2D eigenvalue weighted by Crippen LogP contribution is -2.31. The van der Waals surface area contributed by atoms with Crippen LogP contribution in [-0.2, 0) is 11.2 Å². The molecule has 0 saturated carbocycles. The fraction of sp³-hybridized carbons (Fsp3) is 0.273. The topological polar surface area (TPSA) is 50.8 Å². The average molecular weight is 431 g/mol. The maximum atomic E-state index is 13.1. The number of hydrogen-bond acceptors (Lipinski definition) is 4. The standard InChI is InChI=1S/C22H23ClN2O3S/c1-5-15-8-6-7-9-18(15)25-21(26)17(24-22(25)29)11-14-10-16(23)20(28-13(2)3)19(12-14)27-4/h6-13H,5H2,1-4H3,(H,24,29)/b17-11+. The molecule has 7 heteroatoms. The zero-order chi connectivity index (χ0) is 21.1. The molecule has 152 valence electrons. The first-order valence-electron chi connectivity index (χ1n) is 9.35. The van der Waals surface area contributed by atoms with Gasteiger partial charge in [-0.2, -0.15) is 0 Å². The van der Waals surface area contributed by atoms with E-state index in [2.05, 4.69) is 5.32 Å². The number of carbonyl (C=O) groups is 1. The van der Waals surface area contributed by atoms with Crippen molar-refractivity contribution in [2.75, 3.05) is 12.0 Å². The van der Waals surface area contributed by atoms with Gasteiger partial charge in [0.15, 0.2) is 16.6 Å². The predicted octanol–water partition coefficient (Wildman–Crippen LogP) is 4.96. The zero-order valence-electron chi connectivity index (χ0n) is 16.8. The molecular formula is C22H23ClN2O3S.